The normalized spacial score (nSPS) is 11.7. The summed E-state index contributed by atoms with van der Waals surface area (Å²) in [6.45, 7) is 1.65. The van der Waals surface area contributed by atoms with Gasteiger partial charge in [0, 0.05) is 26.0 Å². The van der Waals surface area contributed by atoms with Crippen LogP contribution in [0.5, 0.6) is 0 Å². The smallest absolute Gasteiger partial charge is 0.371 e. The number of nitrogens with one attached hydrogen (secondary N) is 1. The van der Waals surface area contributed by atoms with Crippen LogP contribution in [0.2, 0.25) is 0 Å². The monoisotopic (exact) mass is 379 g/mol. The lowest BCUT2D eigenvalue weighted by molar-refractivity contribution is 0.0661. The molecule has 0 fully saturated rings. The minimum atomic E-state index is -3.91. The highest BCUT2D eigenvalue weighted by molar-refractivity contribution is 9.10. The molecule has 0 saturated carbocycles. The summed E-state index contributed by atoms with van der Waals surface area (Å²) in [5.41, 5.74) is 0. The van der Waals surface area contributed by atoms with Crippen LogP contribution in [0.15, 0.2) is 24.6 Å². The third-order valence-corrected chi connectivity index (χ3v) is 4.68. The van der Waals surface area contributed by atoms with Gasteiger partial charge in [0.05, 0.1) is 0 Å². The molecule has 0 bridgehead atoms. The number of aromatic nitrogens is 2. The topological polar surface area (TPSA) is 136 Å². The van der Waals surface area contributed by atoms with Gasteiger partial charge < -0.3 is 14.0 Å². The standard InChI is InChI=1S/C10H10BrN3O6S/c1-5-13-8(14-20-5)2-3-12-21(17,18)7-4-6(10(15)16)19-9(7)11/h4,12H,2-3H2,1H3,(H,15,16). The first kappa shape index (κ1) is 15.7. The molecule has 2 aromatic rings. The van der Waals surface area contributed by atoms with E-state index < -0.39 is 21.8 Å². The number of hydrogen-bond acceptors (Lipinski definition) is 7. The highest BCUT2D eigenvalue weighted by atomic mass is 79.9. The first-order valence-corrected chi connectivity index (χ1v) is 7.88. The maximum Gasteiger partial charge on any atom is 0.371 e. The predicted molar refractivity (Wildman–Crippen MR) is 71.3 cm³/mol. The number of carboxylic acid groups (broad SMARTS) is 1. The Balaban J connectivity index is 2.06. The fourth-order valence-electron chi connectivity index (χ4n) is 1.46. The van der Waals surface area contributed by atoms with Crippen LogP contribution in [0.25, 0.3) is 0 Å². The molecule has 2 rings (SSSR count). The van der Waals surface area contributed by atoms with E-state index in [0.717, 1.165) is 6.07 Å². The Bertz CT molecular complexity index is 766. The minimum absolute atomic E-state index is 0.0291. The van der Waals surface area contributed by atoms with E-state index in [2.05, 4.69) is 30.8 Å². The highest BCUT2D eigenvalue weighted by Gasteiger charge is 2.24. The van der Waals surface area contributed by atoms with Crippen molar-refractivity contribution in [1.29, 1.82) is 0 Å². The third kappa shape index (κ3) is 3.68. The number of hydrogen-bond donors (Lipinski definition) is 2. The van der Waals surface area contributed by atoms with Gasteiger partial charge in [0.2, 0.25) is 21.7 Å². The van der Waals surface area contributed by atoms with Crippen molar-refractivity contribution in [3.05, 3.63) is 28.2 Å². The van der Waals surface area contributed by atoms with Crippen LogP contribution >= 0.6 is 15.9 Å². The van der Waals surface area contributed by atoms with Gasteiger partial charge in [-0.2, -0.15) is 4.98 Å². The Morgan fingerprint density at radius 2 is 2.24 bits per heavy atom. The number of halogens is 1. The first-order chi connectivity index (χ1) is 9.79. The number of sulfonamides is 1. The van der Waals surface area contributed by atoms with Gasteiger partial charge in [-0.3, -0.25) is 0 Å². The van der Waals surface area contributed by atoms with E-state index in [9.17, 15) is 13.2 Å². The van der Waals surface area contributed by atoms with E-state index in [-0.39, 0.29) is 22.5 Å². The fourth-order valence-corrected chi connectivity index (χ4v) is 3.43. The van der Waals surface area contributed by atoms with Crippen LogP contribution < -0.4 is 4.72 Å². The average Bonchev–Trinajstić information content (AvgIpc) is 2.96. The van der Waals surface area contributed by atoms with Gasteiger partial charge in [0.25, 0.3) is 0 Å². The van der Waals surface area contributed by atoms with Crippen LogP contribution in [0.1, 0.15) is 22.3 Å². The maximum absolute atomic E-state index is 12.0. The molecule has 2 N–H and O–H groups in total. The van der Waals surface area contributed by atoms with Gasteiger partial charge in [-0.05, 0) is 15.9 Å². The number of aryl methyl sites for hydroxylation is 1. The quantitative estimate of drug-likeness (QED) is 0.756. The lowest BCUT2D eigenvalue weighted by atomic mass is 10.4. The van der Waals surface area contributed by atoms with Crippen LogP contribution in [0, 0.1) is 6.92 Å². The van der Waals surface area contributed by atoms with Crippen LogP contribution in [0.3, 0.4) is 0 Å². The lowest BCUT2D eigenvalue weighted by Crippen LogP contribution is -2.26. The van der Waals surface area contributed by atoms with Gasteiger partial charge in [-0.25, -0.2) is 17.9 Å². The van der Waals surface area contributed by atoms with Gasteiger partial charge in [0.1, 0.15) is 4.90 Å². The Kier molecular flexibility index (Phi) is 4.44. The molecule has 0 spiro atoms. The van der Waals surface area contributed by atoms with Crippen molar-refractivity contribution in [2.24, 2.45) is 0 Å². The molecule has 0 amide bonds. The summed E-state index contributed by atoms with van der Waals surface area (Å²) in [4.78, 5) is 14.4. The molecule has 11 heteroatoms. The van der Waals surface area contributed by atoms with Crippen LogP contribution in [0.4, 0.5) is 0 Å². The predicted octanol–water partition coefficient (Wildman–Crippen LogP) is 0.953. The molecule has 0 aromatic carbocycles. The molecular formula is C10H10BrN3O6S. The summed E-state index contributed by atoms with van der Waals surface area (Å²) in [5, 5.41) is 12.4. The molecule has 0 radical (unpaired) electrons. The van der Waals surface area contributed by atoms with Gasteiger partial charge in [0.15, 0.2) is 10.5 Å². The molecule has 0 unspecified atom stereocenters. The van der Waals surface area contributed by atoms with Crippen LogP contribution in [-0.2, 0) is 16.4 Å². The number of rotatable bonds is 6. The second-order valence-corrected chi connectivity index (χ2v) is 6.39. The van der Waals surface area contributed by atoms with E-state index in [1.54, 1.807) is 6.92 Å². The van der Waals surface area contributed by atoms with Crippen molar-refractivity contribution in [2.45, 2.75) is 18.2 Å². The molecule has 0 aliphatic rings. The third-order valence-electron chi connectivity index (χ3n) is 2.37. The molecule has 0 atom stereocenters. The second-order valence-electron chi connectivity index (χ2n) is 3.93. The van der Waals surface area contributed by atoms with Gasteiger partial charge in [-0.1, -0.05) is 5.16 Å². The second kappa shape index (κ2) is 5.95. The number of furan rings is 1. The Morgan fingerprint density at radius 1 is 1.52 bits per heavy atom. The average molecular weight is 380 g/mol. The molecule has 0 aliphatic carbocycles. The molecule has 0 saturated heterocycles. The lowest BCUT2D eigenvalue weighted by Gasteiger charge is -2.02. The number of aromatic carboxylic acids is 1. The maximum atomic E-state index is 12.0. The highest BCUT2D eigenvalue weighted by Crippen LogP contribution is 2.25. The summed E-state index contributed by atoms with van der Waals surface area (Å²) in [7, 11) is -3.91. The van der Waals surface area contributed by atoms with E-state index >= 15 is 0 Å². The molecule has 2 aromatic heterocycles. The summed E-state index contributed by atoms with van der Waals surface area (Å²) in [5.74, 6) is -1.08. The molecule has 21 heavy (non-hydrogen) atoms. The zero-order chi connectivity index (χ0) is 15.6. The van der Waals surface area contributed by atoms with Crippen molar-refractivity contribution >= 4 is 31.9 Å². The molecule has 2 heterocycles. The molecule has 114 valence electrons. The van der Waals surface area contributed by atoms with Crippen molar-refractivity contribution in [2.75, 3.05) is 6.54 Å². The Morgan fingerprint density at radius 3 is 2.76 bits per heavy atom. The summed E-state index contributed by atoms with van der Waals surface area (Å²) in [6.07, 6.45) is 0.234. The van der Waals surface area contributed by atoms with Gasteiger partial charge in [-0.15, -0.1) is 0 Å². The van der Waals surface area contributed by atoms with Crippen molar-refractivity contribution in [3.63, 3.8) is 0 Å². The number of carboxylic acids is 1. The van der Waals surface area contributed by atoms with E-state index in [1.165, 1.54) is 0 Å². The Labute approximate surface area is 127 Å². The summed E-state index contributed by atoms with van der Waals surface area (Å²) >= 11 is 2.87. The molecule has 0 aliphatic heterocycles. The largest absolute Gasteiger partial charge is 0.475 e. The van der Waals surface area contributed by atoms with Crippen molar-refractivity contribution in [1.82, 2.24) is 14.9 Å². The first-order valence-electron chi connectivity index (χ1n) is 5.61. The number of nitrogens with zero attached hydrogens (tertiary/aromatic N) is 2. The fraction of sp³-hybridized carbons (Fsp3) is 0.300. The summed E-state index contributed by atoms with van der Waals surface area (Å²) < 4.78 is 35.7. The number of carbonyl (C=O) groups is 1. The van der Waals surface area contributed by atoms with E-state index in [1.807, 2.05) is 0 Å². The Hall–Kier alpha value is -1.72. The van der Waals surface area contributed by atoms with E-state index in [4.69, 9.17) is 14.0 Å². The van der Waals surface area contributed by atoms with Crippen molar-refractivity contribution in [3.8, 4) is 0 Å². The van der Waals surface area contributed by atoms with Crippen LogP contribution in [-0.4, -0.2) is 36.2 Å². The molecular weight excluding hydrogens is 370 g/mol. The summed E-state index contributed by atoms with van der Waals surface area (Å²) in [6, 6.07) is 0.924. The van der Waals surface area contributed by atoms with Gasteiger partial charge >= 0.3 is 5.97 Å². The SMILES string of the molecule is Cc1nc(CCNS(=O)(=O)c2cc(C(=O)O)oc2Br)no1. The van der Waals surface area contributed by atoms with E-state index in [0.29, 0.717) is 11.7 Å². The molecule has 9 nitrogen and oxygen atoms in total. The zero-order valence-corrected chi connectivity index (χ0v) is 13.1. The minimum Gasteiger partial charge on any atom is -0.475 e. The van der Waals surface area contributed by atoms with Crippen molar-refractivity contribution < 1.29 is 27.3 Å². The zero-order valence-electron chi connectivity index (χ0n) is 10.7.